The zero-order valence-corrected chi connectivity index (χ0v) is 19.0. The number of halogens is 3. The quantitative estimate of drug-likeness (QED) is 0.357. The van der Waals surface area contributed by atoms with Crippen molar-refractivity contribution in [3.05, 3.63) is 98.1 Å². The molecule has 1 amide bonds. The molecule has 3 rings (SSSR count). The lowest BCUT2D eigenvalue weighted by Crippen LogP contribution is -2.28. The third-order valence-corrected chi connectivity index (χ3v) is 5.52. The van der Waals surface area contributed by atoms with Crippen LogP contribution in [0.2, 0.25) is 10.0 Å². The van der Waals surface area contributed by atoms with Crippen LogP contribution in [0.15, 0.2) is 76.9 Å². The Morgan fingerprint density at radius 3 is 2.23 bits per heavy atom. The Hall–Kier alpha value is -2.80. The van der Waals surface area contributed by atoms with Crippen molar-refractivity contribution < 1.29 is 19.4 Å². The molecule has 0 heterocycles. The number of hydrogen-bond donors (Lipinski definition) is 2. The van der Waals surface area contributed by atoms with Crippen LogP contribution in [0.3, 0.4) is 0 Å². The lowest BCUT2D eigenvalue weighted by Gasteiger charge is -2.10. The van der Waals surface area contributed by atoms with E-state index in [2.05, 4.69) is 21.2 Å². The van der Waals surface area contributed by atoms with Gasteiger partial charge in [0.25, 0.3) is 0 Å². The summed E-state index contributed by atoms with van der Waals surface area (Å²) in [6, 6.07) is 19.1. The number of carbonyl (C=O) groups is 2. The summed E-state index contributed by atoms with van der Waals surface area (Å²) < 4.78 is 6.60. The molecular formula is C23H16BrCl2NO4. The molecule has 3 aromatic rings. The molecule has 0 aliphatic carbocycles. The third kappa shape index (κ3) is 6.34. The molecule has 5 nitrogen and oxygen atoms in total. The van der Waals surface area contributed by atoms with Crippen LogP contribution in [-0.4, -0.2) is 17.0 Å². The second-order valence-corrected chi connectivity index (χ2v) is 8.06. The SMILES string of the molecule is O=C(Cc1c(Cl)cccc1Cl)N/C(=C\c1ccc(Oc2ccccc2Br)cc1)C(=O)O. The summed E-state index contributed by atoms with van der Waals surface area (Å²) >= 11 is 15.6. The van der Waals surface area contributed by atoms with Crippen LogP contribution in [-0.2, 0) is 16.0 Å². The summed E-state index contributed by atoms with van der Waals surface area (Å²) in [5, 5.41) is 12.5. The zero-order chi connectivity index (χ0) is 22.4. The van der Waals surface area contributed by atoms with Gasteiger partial charge in [-0.1, -0.05) is 53.5 Å². The molecule has 2 N–H and O–H groups in total. The minimum absolute atomic E-state index is 0.151. The molecule has 8 heteroatoms. The predicted molar refractivity (Wildman–Crippen MR) is 125 cm³/mol. The third-order valence-electron chi connectivity index (χ3n) is 4.16. The smallest absolute Gasteiger partial charge is 0.352 e. The Kier molecular flexibility index (Phi) is 7.74. The van der Waals surface area contributed by atoms with E-state index in [0.717, 1.165) is 4.47 Å². The van der Waals surface area contributed by atoms with Crippen molar-refractivity contribution in [2.75, 3.05) is 0 Å². The fraction of sp³-hybridized carbons (Fsp3) is 0.0435. The summed E-state index contributed by atoms with van der Waals surface area (Å²) in [4.78, 5) is 24.0. The lowest BCUT2D eigenvalue weighted by molar-refractivity contribution is -0.134. The monoisotopic (exact) mass is 519 g/mol. The van der Waals surface area contributed by atoms with Crippen molar-refractivity contribution in [1.82, 2.24) is 5.32 Å². The molecule has 0 atom stereocenters. The van der Waals surface area contributed by atoms with E-state index in [1.807, 2.05) is 24.3 Å². The van der Waals surface area contributed by atoms with Crippen molar-refractivity contribution in [2.45, 2.75) is 6.42 Å². The highest BCUT2D eigenvalue weighted by Gasteiger charge is 2.15. The molecule has 0 saturated carbocycles. The first-order chi connectivity index (χ1) is 14.8. The fourth-order valence-electron chi connectivity index (χ4n) is 2.66. The van der Waals surface area contributed by atoms with E-state index in [0.29, 0.717) is 32.7 Å². The highest BCUT2D eigenvalue weighted by Crippen LogP contribution is 2.29. The van der Waals surface area contributed by atoms with Gasteiger partial charge in [0.15, 0.2) is 0 Å². The van der Waals surface area contributed by atoms with Crippen molar-refractivity contribution in [3.8, 4) is 11.5 Å². The van der Waals surface area contributed by atoms with E-state index >= 15 is 0 Å². The molecule has 158 valence electrons. The summed E-state index contributed by atoms with van der Waals surface area (Å²) in [7, 11) is 0. The molecule has 0 saturated heterocycles. The number of amides is 1. The van der Waals surface area contributed by atoms with Crippen LogP contribution in [0.4, 0.5) is 0 Å². The number of carbonyl (C=O) groups excluding carboxylic acids is 1. The van der Waals surface area contributed by atoms with Crippen LogP contribution in [0.25, 0.3) is 6.08 Å². The van der Waals surface area contributed by atoms with E-state index in [9.17, 15) is 14.7 Å². The second-order valence-electron chi connectivity index (χ2n) is 6.39. The Bertz CT molecular complexity index is 1130. The van der Waals surface area contributed by atoms with Gasteiger partial charge in [-0.15, -0.1) is 0 Å². The Morgan fingerprint density at radius 2 is 1.61 bits per heavy atom. The van der Waals surface area contributed by atoms with Crippen molar-refractivity contribution in [1.29, 1.82) is 0 Å². The molecule has 0 aromatic heterocycles. The zero-order valence-electron chi connectivity index (χ0n) is 15.9. The van der Waals surface area contributed by atoms with Gasteiger partial charge in [0, 0.05) is 10.0 Å². The summed E-state index contributed by atoms with van der Waals surface area (Å²) in [5.41, 5.74) is 0.738. The number of hydrogen-bond acceptors (Lipinski definition) is 3. The molecule has 0 unspecified atom stereocenters. The van der Waals surface area contributed by atoms with Crippen molar-refractivity contribution in [3.63, 3.8) is 0 Å². The largest absolute Gasteiger partial charge is 0.477 e. The van der Waals surface area contributed by atoms with E-state index in [1.54, 1.807) is 42.5 Å². The average Bonchev–Trinajstić information content (AvgIpc) is 2.73. The van der Waals surface area contributed by atoms with Gasteiger partial charge in [0.05, 0.1) is 10.9 Å². The molecule has 3 aromatic carbocycles. The van der Waals surface area contributed by atoms with Gasteiger partial charge in [0.1, 0.15) is 17.2 Å². The summed E-state index contributed by atoms with van der Waals surface area (Å²) in [5.74, 6) is -0.578. The maximum absolute atomic E-state index is 12.4. The van der Waals surface area contributed by atoms with Gasteiger partial charge in [-0.05, 0) is 69.5 Å². The van der Waals surface area contributed by atoms with Gasteiger partial charge < -0.3 is 15.2 Å². The molecular weight excluding hydrogens is 505 g/mol. The molecule has 0 radical (unpaired) electrons. The van der Waals surface area contributed by atoms with Crippen molar-refractivity contribution >= 4 is 57.1 Å². The molecule has 0 fully saturated rings. The number of para-hydroxylation sites is 1. The normalized spacial score (nSPS) is 11.1. The molecule has 0 bridgehead atoms. The summed E-state index contributed by atoms with van der Waals surface area (Å²) in [6.07, 6.45) is 1.21. The number of rotatable bonds is 7. The maximum atomic E-state index is 12.4. The van der Waals surface area contributed by atoms with Crippen molar-refractivity contribution in [2.24, 2.45) is 0 Å². The Balaban J connectivity index is 1.72. The number of carboxylic acids is 1. The topological polar surface area (TPSA) is 75.6 Å². The molecule has 31 heavy (non-hydrogen) atoms. The number of benzene rings is 3. The minimum atomic E-state index is -1.27. The van der Waals surface area contributed by atoms with Gasteiger partial charge in [0.2, 0.25) is 5.91 Å². The first-order valence-electron chi connectivity index (χ1n) is 9.03. The van der Waals surface area contributed by atoms with Crippen LogP contribution in [0, 0.1) is 0 Å². The Morgan fingerprint density at radius 1 is 0.968 bits per heavy atom. The van der Waals surface area contributed by atoms with E-state index in [1.165, 1.54) is 6.08 Å². The van der Waals surface area contributed by atoms with Gasteiger partial charge in [-0.25, -0.2) is 4.79 Å². The van der Waals surface area contributed by atoms with Crippen LogP contribution < -0.4 is 10.1 Å². The minimum Gasteiger partial charge on any atom is -0.477 e. The number of nitrogens with one attached hydrogen (secondary N) is 1. The second kappa shape index (κ2) is 10.5. The molecule has 0 spiro atoms. The van der Waals surface area contributed by atoms with Crippen LogP contribution >= 0.6 is 39.1 Å². The predicted octanol–water partition coefficient (Wildman–Crippen LogP) is 6.33. The van der Waals surface area contributed by atoms with E-state index < -0.39 is 11.9 Å². The standard InChI is InChI=1S/C23H16BrCl2NO4/c24-17-4-1-2-7-21(17)31-15-10-8-14(9-11-15)12-20(23(29)30)27-22(28)13-16-18(25)5-3-6-19(16)26/h1-12H,13H2,(H,27,28)(H,29,30)/b20-12-. The maximum Gasteiger partial charge on any atom is 0.352 e. The molecule has 0 aliphatic rings. The number of aliphatic carboxylic acids is 1. The number of ether oxygens (including phenoxy) is 1. The average molecular weight is 521 g/mol. The molecule has 0 aliphatic heterocycles. The van der Waals surface area contributed by atoms with E-state index in [4.69, 9.17) is 27.9 Å². The van der Waals surface area contributed by atoms with Gasteiger partial charge in [-0.2, -0.15) is 0 Å². The van der Waals surface area contributed by atoms with E-state index in [-0.39, 0.29) is 12.1 Å². The first-order valence-corrected chi connectivity index (χ1v) is 10.6. The lowest BCUT2D eigenvalue weighted by atomic mass is 10.1. The summed E-state index contributed by atoms with van der Waals surface area (Å²) in [6.45, 7) is 0. The highest BCUT2D eigenvalue weighted by molar-refractivity contribution is 9.10. The van der Waals surface area contributed by atoms with Crippen LogP contribution in [0.5, 0.6) is 11.5 Å². The number of carboxylic acid groups (broad SMARTS) is 1. The van der Waals surface area contributed by atoms with Gasteiger partial charge in [-0.3, -0.25) is 4.79 Å². The van der Waals surface area contributed by atoms with Gasteiger partial charge >= 0.3 is 5.97 Å². The Labute approximate surface area is 197 Å². The fourth-order valence-corrected chi connectivity index (χ4v) is 3.56. The highest BCUT2D eigenvalue weighted by atomic mass is 79.9. The van der Waals surface area contributed by atoms with Crippen LogP contribution in [0.1, 0.15) is 11.1 Å². The first kappa shape index (κ1) is 22.9.